The van der Waals surface area contributed by atoms with Crippen LogP contribution in [-0.4, -0.2) is 39.8 Å². The number of esters is 1. The number of nitrogens with zero attached hydrogens (tertiary/aromatic N) is 2. The van der Waals surface area contributed by atoms with Crippen LogP contribution in [0.25, 0.3) is 10.9 Å². The number of ether oxygens (including phenoxy) is 2. The van der Waals surface area contributed by atoms with Crippen molar-refractivity contribution >= 4 is 23.0 Å². The summed E-state index contributed by atoms with van der Waals surface area (Å²) in [6, 6.07) is 17.2. The second-order valence-corrected chi connectivity index (χ2v) is 8.75. The molecule has 1 unspecified atom stereocenters. The standard InChI is InChI=1S/C25H28N2O4/c1-5-30-23(28)22-21(27(22)15-17-11-7-6-8-12-17)19-16-26(24(29)31-25(2,3)4)20-14-10-9-13-18(19)20/h6-14,16,21-22H,5,15H2,1-4H3/t21-,22-,27?/m1/s1. The predicted octanol–water partition coefficient (Wildman–Crippen LogP) is 4.91. The van der Waals surface area contributed by atoms with Gasteiger partial charge < -0.3 is 9.47 Å². The van der Waals surface area contributed by atoms with Crippen molar-refractivity contribution in [1.82, 2.24) is 9.47 Å². The van der Waals surface area contributed by atoms with Crippen molar-refractivity contribution in [3.8, 4) is 0 Å². The van der Waals surface area contributed by atoms with Gasteiger partial charge in [-0.15, -0.1) is 0 Å². The number of aromatic nitrogens is 1. The second kappa shape index (κ2) is 8.19. The van der Waals surface area contributed by atoms with Crippen LogP contribution in [0, 0.1) is 0 Å². The first-order valence-electron chi connectivity index (χ1n) is 10.6. The van der Waals surface area contributed by atoms with Crippen molar-refractivity contribution in [2.45, 2.75) is 51.9 Å². The Morgan fingerprint density at radius 1 is 1.00 bits per heavy atom. The normalized spacial score (nSPS) is 20.5. The van der Waals surface area contributed by atoms with E-state index in [1.165, 1.54) is 4.57 Å². The average molecular weight is 421 g/mol. The summed E-state index contributed by atoms with van der Waals surface area (Å²) in [7, 11) is 0. The highest BCUT2D eigenvalue weighted by Gasteiger charge is 2.55. The quantitative estimate of drug-likeness (QED) is 0.433. The number of para-hydroxylation sites is 1. The molecule has 1 aromatic heterocycles. The highest BCUT2D eigenvalue weighted by atomic mass is 16.6. The van der Waals surface area contributed by atoms with Crippen molar-refractivity contribution in [2.75, 3.05) is 6.61 Å². The zero-order chi connectivity index (χ0) is 22.2. The Hall–Kier alpha value is -3.12. The van der Waals surface area contributed by atoms with Gasteiger partial charge in [-0.05, 0) is 44.9 Å². The summed E-state index contributed by atoms with van der Waals surface area (Å²) >= 11 is 0. The summed E-state index contributed by atoms with van der Waals surface area (Å²) < 4.78 is 12.5. The molecule has 1 aliphatic heterocycles. The monoisotopic (exact) mass is 420 g/mol. The van der Waals surface area contributed by atoms with E-state index < -0.39 is 11.7 Å². The zero-order valence-electron chi connectivity index (χ0n) is 18.4. The van der Waals surface area contributed by atoms with Gasteiger partial charge in [0.1, 0.15) is 11.6 Å². The smallest absolute Gasteiger partial charge is 0.419 e. The first-order valence-corrected chi connectivity index (χ1v) is 10.6. The van der Waals surface area contributed by atoms with E-state index in [-0.39, 0.29) is 18.1 Å². The van der Waals surface area contributed by atoms with Gasteiger partial charge in [0, 0.05) is 18.1 Å². The minimum absolute atomic E-state index is 0.159. The van der Waals surface area contributed by atoms with Crippen LogP contribution < -0.4 is 0 Å². The third kappa shape index (κ3) is 4.35. The van der Waals surface area contributed by atoms with Gasteiger partial charge in [-0.1, -0.05) is 48.5 Å². The van der Waals surface area contributed by atoms with Crippen LogP contribution in [0.1, 0.15) is 44.9 Å². The summed E-state index contributed by atoms with van der Waals surface area (Å²) in [6.07, 6.45) is 1.37. The van der Waals surface area contributed by atoms with Crippen LogP contribution in [0.2, 0.25) is 0 Å². The fourth-order valence-electron chi connectivity index (χ4n) is 4.01. The first kappa shape index (κ1) is 21.1. The van der Waals surface area contributed by atoms with Gasteiger partial charge in [0.05, 0.1) is 18.2 Å². The van der Waals surface area contributed by atoms with E-state index in [0.29, 0.717) is 13.2 Å². The number of hydrogen-bond donors (Lipinski definition) is 0. The largest absolute Gasteiger partial charge is 0.465 e. The molecule has 4 rings (SSSR count). The lowest BCUT2D eigenvalue weighted by molar-refractivity contribution is -0.143. The average Bonchev–Trinajstić information content (AvgIpc) is 3.28. The third-order valence-electron chi connectivity index (χ3n) is 5.31. The molecular weight excluding hydrogens is 392 g/mol. The number of carbonyl (C=O) groups excluding carboxylic acids is 2. The first-order chi connectivity index (χ1) is 14.8. The summed E-state index contributed by atoms with van der Waals surface area (Å²) in [5.74, 6) is -0.238. The fraction of sp³-hybridized carbons (Fsp3) is 0.360. The van der Waals surface area contributed by atoms with E-state index in [2.05, 4.69) is 4.90 Å². The third-order valence-corrected chi connectivity index (χ3v) is 5.31. The second-order valence-electron chi connectivity index (χ2n) is 8.75. The Balaban J connectivity index is 1.72. The topological polar surface area (TPSA) is 60.5 Å². The molecule has 1 fully saturated rings. The van der Waals surface area contributed by atoms with Gasteiger partial charge in [0.25, 0.3) is 0 Å². The Morgan fingerprint density at radius 2 is 1.68 bits per heavy atom. The lowest BCUT2D eigenvalue weighted by Crippen LogP contribution is -2.26. The van der Waals surface area contributed by atoms with E-state index >= 15 is 0 Å². The van der Waals surface area contributed by atoms with E-state index in [9.17, 15) is 9.59 Å². The van der Waals surface area contributed by atoms with Crippen LogP contribution in [0.5, 0.6) is 0 Å². The molecule has 0 bridgehead atoms. The molecule has 3 aromatic rings. The molecule has 1 aliphatic rings. The van der Waals surface area contributed by atoms with E-state index in [4.69, 9.17) is 9.47 Å². The Labute approximate surface area is 182 Å². The zero-order valence-corrected chi connectivity index (χ0v) is 18.4. The summed E-state index contributed by atoms with van der Waals surface area (Å²) in [4.78, 5) is 27.7. The Bertz CT molecular complexity index is 1100. The minimum atomic E-state index is -0.602. The molecule has 0 radical (unpaired) electrons. The van der Waals surface area contributed by atoms with E-state index in [1.807, 2.05) is 82.3 Å². The lowest BCUT2D eigenvalue weighted by Gasteiger charge is -2.19. The van der Waals surface area contributed by atoms with Gasteiger partial charge in [0.2, 0.25) is 0 Å². The van der Waals surface area contributed by atoms with E-state index in [1.54, 1.807) is 6.20 Å². The van der Waals surface area contributed by atoms with Crippen molar-refractivity contribution in [3.05, 3.63) is 71.9 Å². The van der Waals surface area contributed by atoms with Crippen LogP contribution in [0.3, 0.4) is 0 Å². The molecule has 0 spiro atoms. The number of carbonyl (C=O) groups is 2. The number of benzene rings is 2. The highest BCUT2D eigenvalue weighted by molar-refractivity contribution is 5.94. The highest BCUT2D eigenvalue weighted by Crippen LogP contribution is 2.47. The van der Waals surface area contributed by atoms with Crippen molar-refractivity contribution in [3.63, 3.8) is 0 Å². The predicted molar refractivity (Wildman–Crippen MR) is 119 cm³/mol. The van der Waals surface area contributed by atoms with Gasteiger partial charge >= 0.3 is 12.1 Å². The maximum absolute atomic E-state index is 12.9. The Morgan fingerprint density at radius 3 is 2.35 bits per heavy atom. The molecule has 1 saturated heterocycles. The molecule has 0 saturated carbocycles. The maximum atomic E-state index is 12.9. The molecule has 2 heterocycles. The molecule has 6 nitrogen and oxygen atoms in total. The molecule has 2 aromatic carbocycles. The number of rotatable bonds is 5. The van der Waals surface area contributed by atoms with Gasteiger partial charge in [-0.3, -0.25) is 14.3 Å². The van der Waals surface area contributed by atoms with Crippen molar-refractivity contribution in [1.29, 1.82) is 0 Å². The summed E-state index contributed by atoms with van der Waals surface area (Å²) in [6.45, 7) is 8.30. The maximum Gasteiger partial charge on any atom is 0.419 e. The summed E-state index contributed by atoms with van der Waals surface area (Å²) in [5.41, 5.74) is 2.21. The van der Waals surface area contributed by atoms with Crippen molar-refractivity contribution in [2.24, 2.45) is 0 Å². The van der Waals surface area contributed by atoms with Gasteiger partial charge in [-0.2, -0.15) is 0 Å². The fourth-order valence-corrected chi connectivity index (χ4v) is 4.01. The summed E-state index contributed by atoms with van der Waals surface area (Å²) in [5, 5.41) is 0.934. The van der Waals surface area contributed by atoms with E-state index in [0.717, 1.165) is 22.0 Å². The molecule has 0 amide bonds. The van der Waals surface area contributed by atoms with Crippen LogP contribution >= 0.6 is 0 Å². The number of hydrogen-bond acceptors (Lipinski definition) is 5. The van der Waals surface area contributed by atoms with Gasteiger partial charge in [-0.25, -0.2) is 4.79 Å². The Kier molecular flexibility index (Phi) is 5.58. The molecule has 0 aliphatic carbocycles. The molecular formula is C25H28N2O4. The molecule has 162 valence electrons. The molecule has 6 heteroatoms. The van der Waals surface area contributed by atoms with Crippen LogP contribution in [0.4, 0.5) is 4.79 Å². The molecule has 0 N–H and O–H groups in total. The lowest BCUT2D eigenvalue weighted by atomic mass is 10.1. The molecule has 3 atom stereocenters. The minimum Gasteiger partial charge on any atom is -0.465 e. The number of fused-ring (bicyclic) bond motifs is 1. The van der Waals surface area contributed by atoms with Gasteiger partial charge in [0.15, 0.2) is 0 Å². The van der Waals surface area contributed by atoms with Crippen LogP contribution in [-0.2, 0) is 20.8 Å². The molecule has 31 heavy (non-hydrogen) atoms. The SMILES string of the molecule is CCOC(=O)[C@H]1[C@@H](c2cn(C(=O)OC(C)(C)C)c3ccccc23)N1Cc1ccccc1. The van der Waals surface area contributed by atoms with Crippen LogP contribution in [0.15, 0.2) is 60.8 Å². The van der Waals surface area contributed by atoms with Crippen molar-refractivity contribution < 1.29 is 19.1 Å².